The Morgan fingerprint density at radius 3 is 2.25 bits per heavy atom. The molecule has 0 amide bonds. The highest BCUT2D eigenvalue weighted by Gasteiger charge is 2.37. The van der Waals surface area contributed by atoms with Crippen molar-refractivity contribution in [1.29, 1.82) is 0 Å². The predicted molar refractivity (Wildman–Crippen MR) is 47.1 cm³/mol. The molecule has 12 heavy (non-hydrogen) atoms. The van der Waals surface area contributed by atoms with Crippen molar-refractivity contribution in [3.8, 4) is 0 Å². The van der Waals surface area contributed by atoms with Gasteiger partial charge in [-0.2, -0.15) is 0 Å². The van der Waals surface area contributed by atoms with Gasteiger partial charge in [-0.25, -0.2) is 0 Å². The topological polar surface area (TPSA) is 40.5 Å². The van der Waals surface area contributed by atoms with Crippen molar-refractivity contribution in [2.24, 2.45) is 0 Å². The molecular formula is C9H17NO2. The van der Waals surface area contributed by atoms with Gasteiger partial charge in [-0.05, 0) is 33.7 Å². The summed E-state index contributed by atoms with van der Waals surface area (Å²) in [7, 11) is 1.90. The van der Waals surface area contributed by atoms with Crippen molar-refractivity contribution >= 4 is 5.97 Å². The first-order chi connectivity index (χ1) is 5.46. The van der Waals surface area contributed by atoms with Gasteiger partial charge in [0.05, 0.1) is 0 Å². The van der Waals surface area contributed by atoms with Crippen LogP contribution in [0.3, 0.4) is 0 Å². The largest absolute Gasteiger partial charge is 0.480 e. The van der Waals surface area contributed by atoms with E-state index in [9.17, 15) is 4.79 Å². The van der Waals surface area contributed by atoms with Gasteiger partial charge in [0.2, 0.25) is 0 Å². The minimum atomic E-state index is -0.739. The molecule has 0 radical (unpaired) electrons. The van der Waals surface area contributed by atoms with Gasteiger partial charge in [-0.1, -0.05) is 6.42 Å². The van der Waals surface area contributed by atoms with Crippen LogP contribution in [0, 0.1) is 0 Å². The number of likely N-dealkylation sites (N-methyl/N-ethyl adjacent to an activating group) is 1. The molecule has 0 heterocycles. The fourth-order valence-corrected chi connectivity index (χ4v) is 1.38. The van der Waals surface area contributed by atoms with Crippen LogP contribution in [0.5, 0.6) is 0 Å². The summed E-state index contributed by atoms with van der Waals surface area (Å²) in [5.74, 6) is -0.739. The molecule has 0 spiro atoms. The lowest BCUT2D eigenvalue weighted by atomic mass is 9.88. The lowest BCUT2D eigenvalue weighted by molar-refractivity contribution is -0.151. The van der Waals surface area contributed by atoms with Crippen molar-refractivity contribution in [2.75, 3.05) is 7.05 Å². The molecule has 0 atom stereocenters. The molecule has 0 aliphatic heterocycles. The summed E-state index contributed by atoms with van der Waals surface area (Å²) in [6.07, 6.45) is 3.53. The molecule has 70 valence electrons. The van der Waals surface area contributed by atoms with Crippen LogP contribution in [-0.2, 0) is 4.79 Å². The van der Waals surface area contributed by atoms with Gasteiger partial charge in [0.15, 0.2) is 0 Å². The number of hydrogen-bond donors (Lipinski definition) is 1. The highest BCUT2D eigenvalue weighted by Crippen LogP contribution is 2.28. The normalized spacial score (nSPS) is 19.3. The molecule has 1 saturated carbocycles. The minimum Gasteiger partial charge on any atom is -0.480 e. The third-order valence-corrected chi connectivity index (χ3v) is 3.03. The van der Waals surface area contributed by atoms with E-state index < -0.39 is 11.5 Å². The number of rotatable bonds is 3. The summed E-state index contributed by atoms with van der Waals surface area (Å²) in [6, 6.07) is 0.482. The molecule has 3 nitrogen and oxygen atoms in total. The van der Waals surface area contributed by atoms with Crippen LogP contribution in [0.2, 0.25) is 0 Å². The number of carboxylic acids is 1. The second-order valence-corrected chi connectivity index (χ2v) is 4.06. The summed E-state index contributed by atoms with van der Waals surface area (Å²) in [5, 5.41) is 8.94. The maximum absolute atomic E-state index is 10.9. The Bertz CT molecular complexity index is 185. The van der Waals surface area contributed by atoms with Gasteiger partial charge < -0.3 is 5.11 Å². The molecule has 1 fully saturated rings. The number of carboxylic acid groups (broad SMARTS) is 1. The Labute approximate surface area is 73.4 Å². The first kappa shape index (κ1) is 9.52. The zero-order valence-electron chi connectivity index (χ0n) is 8.00. The van der Waals surface area contributed by atoms with Crippen molar-refractivity contribution < 1.29 is 9.90 Å². The van der Waals surface area contributed by atoms with Crippen molar-refractivity contribution in [3.05, 3.63) is 0 Å². The Hall–Kier alpha value is -0.570. The van der Waals surface area contributed by atoms with E-state index >= 15 is 0 Å². The van der Waals surface area contributed by atoms with Gasteiger partial charge in [0.25, 0.3) is 0 Å². The predicted octanol–water partition coefficient (Wildman–Crippen LogP) is 1.33. The minimum absolute atomic E-state index is 0.482. The highest BCUT2D eigenvalue weighted by atomic mass is 16.4. The Morgan fingerprint density at radius 2 is 2.00 bits per heavy atom. The first-order valence-corrected chi connectivity index (χ1v) is 4.42. The van der Waals surface area contributed by atoms with Crippen LogP contribution >= 0.6 is 0 Å². The number of carbonyl (C=O) groups is 1. The van der Waals surface area contributed by atoms with Gasteiger partial charge in [-0.15, -0.1) is 0 Å². The molecule has 1 rings (SSSR count). The standard InChI is InChI=1S/C9H17NO2/c1-9(2,8(11)12)10(3)7-5-4-6-7/h7H,4-6H2,1-3H3,(H,11,12). The molecule has 1 N–H and O–H groups in total. The van der Waals surface area contributed by atoms with E-state index in [-0.39, 0.29) is 0 Å². The third kappa shape index (κ3) is 1.46. The van der Waals surface area contributed by atoms with Crippen LogP contribution in [0.1, 0.15) is 33.1 Å². The van der Waals surface area contributed by atoms with Crippen LogP contribution in [0.15, 0.2) is 0 Å². The zero-order chi connectivity index (χ0) is 9.35. The first-order valence-electron chi connectivity index (χ1n) is 4.42. The Kier molecular flexibility index (Phi) is 2.42. The van der Waals surface area contributed by atoms with E-state index in [1.807, 2.05) is 11.9 Å². The average Bonchev–Trinajstić information content (AvgIpc) is 1.83. The molecule has 0 aromatic carbocycles. The molecule has 0 saturated heterocycles. The zero-order valence-corrected chi connectivity index (χ0v) is 8.00. The second-order valence-electron chi connectivity index (χ2n) is 4.06. The molecule has 0 unspecified atom stereocenters. The van der Waals surface area contributed by atoms with Crippen LogP contribution in [0.25, 0.3) is 0 Å². The SMILES string of the molecule is CN(C1CCC1)C(C)(C)C(=O)O. The van der Waals surface area contributed by atoms with Crippen LogP contribution in [0.4, 0.5) is 0 Å². The van der Waals surface area contributed by atoms with Gasteiger partial charge in [-0.3, -0.25) is 9.69 Å². The van der Waals surface area contributed by atoms with Gasteiger partial charge in [0, 0.05) is 6.04 Å². The van der Waals surface area contributed by atoms with Gasteiger partial charge >= 0.3 is 5.97 Å². The van der Waals surface area contributed by atoms with E-state index in [4.69, 9.17) is 5.11 Å². The van der Waals surface area contributed by atoms with Crippen molar-refractivity contribution in [3.63, 3.8) is 0 Å². The second kappa shape index (κ2) is 3.05. The molecule has 0 aromatic rings. The molecule has 1 aliphatic carbocycles. The smallest absolute Gasteiger partial charge is 0.323 e. The fraction of sp³-hybridized carbons (Fsp3) is 0.889. The summed E-state index contributed by atoms with van der Waals surface area (Å²) in [4.78, 5) is 12.8. The Balaban J connectivity index is 2.59. The molecule has 1 aliphatic rings. The average molecular weight is 171 g/mol. The summed E-state index contributed by atoms with van der Waals surface area (Å²) in [5.41, 5.74) is -0.717. The lowest BCUT2D eigenvalue weighted by Crippen LogP contribution is -2.54. The highest BCUT2D eigenvalue weighted by molar-refractivity contribution is 5.77. The molecule has 0 aromatic heterocycles. The fourth-order valence-electron chi connectivity index (χ4n) is 1.38. The summed E-state index contributed by atoms with van der Waals surface area (Å²) >= 11 is 0. The third-order valence-electron chi connectivity index (χ3n) is 3.03. The molecule has 0 bridgehead atoms. The summed E-state index contributed by atoms with van der Waals surface area (Å²) < 4.78 is 0. The van der Waals surface area contributed by atoms with Gasteiger partial charge in [0.1, 0.15) is 5.54 Å². The Morgan fingerprint density at radius 1 is 1.50 bits per heavy atom. The lowest BCUT2D eigenvalue weighted by Gasteiger charge is -2.42. The maximum Gasteiger partial charge on any atom is 0.323 e. The van der Waals surface area contributed by atoms with Crippen molar-refractivity contribution in [1.82, 2.24) is 4.90 Å². The maximum atomic E-state index is 10.9. The summed E-state index contributed by atoms with van der Waals surface area (Å²) in [6.45, 7) is 3.52. The van der Waals surface area contributed by atoms with E-state index in [1.165, 1.54) is 6.42 Å². The van der Waals surface area contributed by atoms with E-state index in [1.54, 1.807) is 13.8 Å². The number of nitrogens with zero attached hydrogens (tertiary/aromatic N) is 1. The monoisotopic (exact) mass is 171 g/mol. The van der Waals surface area contributed by atoms with Crippen molar-refractivity contribution in [2.45, 2.75) is 44.7 Å². The van der Waals surface area contributed by atoms with E-state index in [0.29, 0.717) is 6.04 Å². The quantitative estimate of drug-likeness (QED) is 0.696. The van der Waals surface area contributed by atoms with E-state index in [2.05, 4.69) is 0 Å². The van der Waals surface area contributed by atoms with E-state index in [0.717, 1.165) is 12.8 Å². The molecular weight excluding hydrogens is 154 g/mol. The molecule has 3 heteroatoms. The number of hydrogen-bond acceptors (Lipinski definition) is 2. The van der Waals surface area contributed by atoms with Crippen LogP contribution < -0.4 is 0 Å². The number of aliphatic carboxylic acids is 1. The van der Waals surface area contributed by atoms with Crippen LogP contribution in [-0.4, -0.2) is 34.6 Å².